The van der Waals surface area contributed by atoms with Crippen LogP contribution < -0.4 is 0 Å². The molecule has 1 unspecified atom stereocenters. The van der Waals surface area contributed by atoms with Gasteiger partial charge in [-0.1, -0.05) is 6.07 Å². The number of likely N-dealkylation sites (tertiary alicyclic amines) is 1. The van der Waals surface area contributed by atoms with Gasteiger partial charge in [-0.05, 0) is 28.1 Å². The standard InChI is InChI=1S/C12H11BrFNO4/c13-8-3-1-2-7(10(8)14)11(17)15-5-6(16)4-9(15)12(18)19/h1-3,6,9,16H,4-5H2,(H,18,19)/t6?,9-/m0/s1. The van der Waals surface area contributed by atoms with Crippen LogP contribution in [0, 0.1) is 5.82 Å². The van der Waals surface area contributed by atoms with Crippen LogP contribution in [0.3, 0.4) is 0 Å². The fraction of sp³-hybridized carbons (Fsp3) is 0.333. The fourth-order valence-corrected chi connectivity index (χ4v) is 2.46. The summed E-state index contributed by atoms with van der Waals surface area (Å²) in [5.41, 5.74) is -0.213. The number of nitrogens with zero attached hydrogens (tertiary/aromatic N) is 1. The molecule has 1 heterocycles. The van der Waals surface area contributed by atoms with E-state index >= 15 is 0 Å². The fourth-order valence-electron chi connectivity index (χ4n) is 2.10. The third-order valence-corrected chi connectivity index (χ3v) is 3.62. The first kappa shape index (κ1) is 14.0. The molecule has 102 valence electrons. The summed E-state index contributed by atoms with van der Waals surface area (Å²) in [6.07, 6.45) is -0.947. The maximum atomic E-state index is 13.8. The molecule has 1 aliphatic rings. The molecule has 2 rings (SSSR count). The molecule has 0 radical (unpaired) electrons. The van der Waals surface area contributed by atoms with E-state index in [0.717, 1.165) is 4.90 Å². The summed E-state index contributed by atoms with van der Waals surface area (Å²) < 4.78 is 14.0. The van der Waals surface area contributed by atoms with Gasteiger partial charge in [0.1, 0.15) is 11.9 Å². The van der Waals surface area contributed by atoms with Gasteiger partial charge in [0.2, 0.25) is 0 Å². The van der Waals surface area contributed by atoms with Crippen LogP contribution in [-0.2, 0) is 4.79 Å². The van der Waals surface area contributed by atoms with Gasteiger partial charge in [-0.25, -0.2) is 9.18 Å². The highest BCUT2D eigenvalue weighted by atomic mass is 79.9. The van der Waals surface area contributed by atoms with Crippen LogP contribution >= 0.6 is 15.9 Å². The van der Waals surface area contributed by atoms with Gasteiger partial charge < -0.3 is 15.1 Å². The average Bonchev–Trinajstić information content (AvgIpc) is 2.74. The lowest BCUT2D eigenvalue weighted by Crippen LogP contribution is -2.41. The van der Waals surface area contributed by atoms with Gasteiger partial charge in [0.05, 0.1) is 16.1 Å². The molecule has 0 aromatic heterocycles. The Balaban J connectivity index is 2.33. The van der Waals surface area contributed by atoms with Crippen molar-refractivity contribution in [1.82, 2.24) is 4.90 Å². The Labute approximate surface area is 116 Å². The van der Waals surface area contributed by atoms with E-state index in [1.54, 1.807) is 0 Å². The smallest absolute Gasteiger partial charge is 0.326 e. The molecule has 2 atom stereocenters. The van der Waals surface area contributed by atoms with Crippen molar-refractivity contribution in [3.8, 4) is 0 Å². The number of carbonyl (C=O) groups is 2. The minimum absolute atomic E-state index is 0.0449. The Morgan fingerprint density at radius 2 is 2.11 bits per heavy atom. The van der Waals surface area contributed by atoms with E-state index in [4.69, 9.17) is 5.11 Å². The predicted octanol–water partition coefficient (Wildman–Crippen LogP) is 1.25. The molecule has 0 spiro atoms. The zero-order valence-electron chi connectivity index (χ0n) is 9.72. The Morgan fingerprint density at radius 1 is 1.42 bits per heavy atom. The molecule has 2 N–H and O–H groups in total. The van der Waals surface area contributed by atoms with Gasteiger partial charge in [-0.2, -0.15) is 0 Å². The molecular formula is C12H11BrFNO4. The molecule has 1 fully saturated rings. The lowest BCUT2D eigenvalue weighted by Gasteiger charge is -2.21. The zero-order chi connectivity index (χ0) is 14.2. The van der Waals surface area contributed by atoms with E-state index in [9.17, 15) is 19.1 Å². The van der Waals surface area contributed by atoms with Crippen molar-refractivity contribution >= 4 is 27.8 Å². The van der Waals surface area contributed by atoms with Crippen LogP contribution in [0.2, 0.25) is 0 Å². The van der Waals surface area contributed by atoms with Crippen LogP contribution in [0.15, 0.2) is 22.7 Å². The van der Waals surface area contributed by atoms with Crippen molar-refractivity contribution in [2.75, 3.05) is 6.54 Å². The number of hydrogen-bond donors (Lipinski definition) is 2. The number of carboxylic acid groups (broad SMARTS) is 1. The average molecular weight is 332 g/mol. The van der Waals surface area contributed by atoms with Gasteiger partial charge in [0.25, 0.3) is 5.91 Å². The van der Waals surface area contributed by atoms with Crippen molar-refractivity contribution in [3.05, 3.63) is 34.1 Å². The molecule has 1 aromatic rings. The van der Waals surface area contributed by atoms with Crippen LogP contribution in [0.1, 0.15) is 16.8 Å². The van der Waals surface area contributed by atoms with Crippen LogP contribution in [-0.4, -0.2) is 45.7 Å². The Kier molecular flexibility index (Phi) is 3.86. The van der Waals surface area contributed by atoms with E-state index in [0.29, 0.717) is 0 Å². The number of amides is 1. The highest BCUT2D eigenvalue weighted by molar-refractivity contribution is 9.10. The van der Waals surface area contributed by atoms with Crippen molar-refractivity contribution in [2.45, 2.75) is 18.6 Å². The van der Waals surface area contributed by atoms with Crippen LogP contribution in [0.5, 0.6) is 0 Å². The number of aliphatic hydroxyl groups excluding tert-OH is 1. The number of halogens is 2. The maximum absolute atomic E-state index is 13.8. The number of β-amino-alcohol motifs (C(OH)–C–C–N with tert-alkyl or cyclic N) is 1. The van der Waals surface area contributed by atoms with Crippen molar-refractivity contribution in [2.24, 2.45) is 0 Å². The molecule has 7 heteroatoms. The molecule has 0 saturated carbocycles. The summed E-state index contributed by atoms with van der Waals surface area (Å²) in [7, 11) is 0. The molecule has 1 amide bonds. The van der Waals surface area contributed by atoms with E-state index in [1.165, 1.54) is 18.2 Å². The largest absolute Gasteiger partial charge is 0.480 e. The highest BCUT2D eigenvalue weighted by Gasteiger charge is 2.39. The molecular weight excluding hydrogens is 321 g/mol. The van der Waals surface area contributed by atoms with Crippen LogP contribution in [0.4, 0.5) is 4.39 Å². The van der Waals surface area contributed by atoms with E-state index < -0.39 is 29.8 Å². The molecule has 0 aliphatic carbocycles. The first-order valence-corrected chi connectivity index (χ1v) is 6.37. The third kappa shape index (κ3) is 2.62. The normalized spacial score (nSPS) is 22.6. The Morgan fingerprint density at radius 3 is 2.74 bits per heavy atom. The topological polar surface area (TPSA) is 77.8 Å². The lowest BCUT2D eigenvalue weighted by molar-refractivity contribution is -0.141. The van der Waals surface area contributed by atoms with Crippen molar-refractivity contribution in [3.63, 3.8) is 0 Å². The maximum Gasteiger partial charge on any atom is 0.326 e. The van der Waals surface area contributed by atoms with Gasteiger partial charge in [0, 0.05) is 13.0 Å². The summed E-state index contributed by atoms with van der Waals surface area (Å²) in [5, 5.41) is 18.5. The number of carboxylic acids is 1. The molecule has 1 aliphatic heterocycles. The molecule has 1 aromatic carbocycles. The Hall–Kier alpha value is -1.47. The number of aliphatic carboxylic acids is 1. The highest BCUT2D eigenvalue weighted by Crippen LogP contribution is 2.24. The first-order chi connectivity index (χ1) is 8.91. The minimum atomic E-state index is -1.21. The number of hydrogen-bond acceptors (Lipinski definition) is 3. The van der Waals surface area contributed by atoms with Crippen molar-refractivity contribution < 1.29 is 24.2 Å². The number of aliphatic hydroxyl groups is 1. The van der Waals surface area contributed by atoms with Gasteiger partial charge in [-0.15, -0.1) is 0 Å². The summed E-state index contributed by atoms with van der Waals surface area (Å²) >= 11 is 2.97. The Bertz CT molecular complexity index is 536. The van der Waals surface area contributed by atoms with Gasteiger partial charge >= 0.3 is 5.97 Å². The summed E-state index contributed by atoms with van der Waals surface area (Å²) in [6, 6.07) is 3.09. The molecule has 5 nitrogen and oxygen atoms in total. The lowest BCUT2D eigenvalue weighted by atomic mass is 10.1. The molecule has 0 bridgehead atoms. The van der Waals surface area contributed by atoms with E-state index in [1.807, 2.05) is 0 Å². The van der Waals surface area contributed by atoms with Gasteiger partial charge in [0.15, 0.2) is 0 Å². The minimum Gasteiger partial charge on any atom is -0.480 e. The third-order valence-electron chi connectivity index (χ3n) is 3.01. The monoisotopic (exact) mass is 331 g/mol. The summed E-state index contributed by atoms with van der Waals surface area (Å²) in [6.45, 7) is -0.109. The predicted molar refractivity (Wildman–Crippen MR) is 67.2 cm³/mol. The number of rotatable bonds is 2. The second-order valence-electron chi connectivity index (χ2n) is 4.30. The second-order valence-corrected chi connectivity index (χ2v) is 5.16. The summed E-state index contributed by atoms with van der Waals surface area (Å²) in [4.78, 5) is 24.2. The van der Waals surface area contributed by atoms with E-state index in [-0.39, 0.29) is 23.0 Å². The van der Waals surface area contributed by atoms with Crippen LogP contribution in [0.25, 0.3) is 0 Å². The van der Waals surface area contributed by atoms with E-state index in [2.05, 4.69) is 15.9 Å². The van der Waals surface area contributed by atoms with Gasteiger partial charge in [-0.3, -0.25) is 4.79 Å². The molecule has 1 saturated heterocycles. The quantitative estimate of drug-likeness (QED) is 0.854. The molecule has 19 heavy (non-hydrogen) atoms. The van der Waals surface area contributed by atoms with Crippen molar-refractivity contribution in [1.29, 1.82) is 0 Å². The second kappa shape index (κ2) is 5.26. The first-order valence-electron chi connectivity index (χ1n) is 5.57. The number of carbonyl (C=O) groups excluding carboxylic acids is 1. The number of benzene rings is 1. The summed E-state index contributed by atoms with van der Waals surface area (Å²) in [5.74, 6) is -2.68. The zero-order valence-corrected chi connectivity index (χ0v) is 11.3. The SMILES string of the molecule is O=C(O)[C@@H]1CC(O)CN1C(=O)c1cccc(Br)c1F.